The Hall–Kier alpha value is -0.0400. The highest BCUT2D eigenvalue weighted by Gasteiger charge is 1.69. The molecule has 0 aliphatic heterocycles. The Kier molecular flexibility index (Phi) is 4.93. The number of ether oxygens (including phenoxy) is 1. The van der Waals surface area contributed by atoms with Crippen LogP contribution in [-0.2, 0) is 4.74 Å². The van der Waals surface area contributed by atoms with E-state index in [1.165, 1.54) is 0 Å². The summed E-state index contributed by atoms with van der Waals surface area (Å²) in [7, 11) is 0. The fourth-order valence-electron chi connectivity index (χ4n) is 0.246. The Morgan fingerprint density at radius 3 is 2.50 bits per heavy atom. The molecule has 0 aromatic heterocycles. The van der Waals surface area contributed by atoms with Gasteiger partial charge in [-0.15, -0.1) is 0 Å². The highest BCUT2D eigenvalue weighted by Crippen LogP contribution is 1.75. The molecule has 0 aromatic carbocycles. The highest BCUT2D eigenvalue weighted by molar-refractivity contribution is 4.28. The van der Waals surface area contributed by atoms with Gasteiger partial charge in [0.25, 0.3) is 0 Å². The molecule has 0 saturated heterocycles. The molecule has 0 bridgehead atoms. The minimum absolute atomic E-state index is 0.605. The molecule has 0 rings (SSSR count). The summed E-state index contributed by atoms with van der Waals surface area (Å²) in [4.78, 5) is 0. The number of hydrogen-bond donors (Lipinski definition) is 0. The molecule has 0 radical (unpaired) electrons. The summed E-state index contributed by atoms with van der Waals surface area (Å²) in [6.07, 6.45) is 1.09. The second-order valence-corrected chi connectivity index (χ2v) is 1.11. The lowest BCUT2D eigenvalue weighted by Crippen LogP contribution is -1.89. The van der Waals surface area contributed by atoms with E-state index < -0.39 is 0 Å². The predicted octanol–water partition coefficient (Wildman–Crippen LogP) is 1.25. The molecule has 0 N–H and O–H groups in total. The summed E-state index contributed by atoms with van der Waals surface area (Å²) in [6, 6.07) is 0. The van der Waals surface area contributed by atoms with E-state index in [1.807, 2.05) is 0 Å². The van der Waals surface area contributed by atoms with Crippen LogP contribution in [0, 0.1) is 6.92 Å². The zero-order valence-electron chi connectivity index (χ0n) is 4.24. The van der Waals surface area contributed by atoms with Crippen LogP contribution in [0.2, 0.25) is 0 Å². The lowest BCUT2D eigenvalue weighted by molar-refractivity contribution is 0.161. The zero-order chi connectivity index (χ0) is 4.83. The van der Waals surface area contributed by atoms with Crippen molar-refractivity contribution in [2.45, 2.75) is 13.3 Å². The van der Waals surface area contributed by atoms with E-state index in [9.17, 15) is 0 Å². The molecule has 38 valence electrons. The number of rotatable bonds is 3. The van der Waals surface area contributed by atoms with Crippen LogP contribution in [0.1, 0.15) is 13.3 Å². The van der Waals surface area contributed by atoms with Crippen molar-refractivity contribution in [3.63, 3.8) is 0 Å². The van der Waals surface area contributed by atoms with Crippen LogP contribution in [-0.4, -0.2) is 13.2 Å². The van der Waals surface area contributed by atoms with E-state index in [2.05, 4.69) is 13.8 Å². The van der Waals surface area contributed by atoms with Gasteiger partial charge in [-0.1, -0.05) is 13.5 Å². The first-order valence-corrected chi connectivity index (χ1v) is 2.28. The summed E-state index contributed by atoms with van der Waals surface area (Å²) >= 11 is 0. The first kappa shape index (κ1) is 5.96. The van der Waals surface area contributed by atoms with Crippen molar-refractivity contribution in [3.05, 3.63) is 6.92 Å². The fraction of sp³-hybridized carbons (Fsp3) is 0.800. The van der Waals surface area contributed by atoms with E-state index in [-0.39, 0.29) is 0 Å². The summed E-state index contributed by atoms with van der Waals surface area (Å²) in [5.74, 6) is 0. The van der Waals surface area contributed by atoms with E-state index in [0.29, 0.717) is 6.61 Å². The maximum atomic E-state index is 4.87. The van der Waals surface area contributed by atoms with Crippen LogP contribution >= 0.6 is 0 Å². The quantitative estimate of drug-likeness (QED) is 0.372. The molecule has 0 aliphatic rings. The predicted molar refractivity (Wildman–Crippen MR) is 26.5 cm³/mol. The Labute approximate surface area is 39.3 Å². The van der Waals surface area contributed by atoms with Crippen LogP contribution in [0.3, 0.4) is 0 Å². The van der Waals surface area contributed by atoms with Gasteiger partial charge in [0.15, 0.2) is 0 Å². The van der Waals surface area contributed by atoms with Gasteiger partial charge in [-0.25, -0.2) is 0 Å². The summed E-state index contributed by atoms with van der Waals surface area (Å²) < 4.78 is 4.87. The minimum Gasteiger partial charge on any atom is -0.413 e. The van der Waals surface area contributed by atoms with E-state index in [1.54, 1.807) is 0 Å². The molecule has 0 fully saturated rings. The van der Waals surface area contributed by atoms with Crippen LogP contribution < -0.4 is 0 Å². The van der Waals surface area contributed by atoms with Gasteiger partial charge in [-0.2, -0.15) is 0 Å². The highest BCUT2D eigenvalue weighted by atomic mass is 16.5. The molecule has 0 aliphatic carbocycles. The van der Waals surface area contributed by atoms with E-state index in [0.717, 1.165) is 13.0 Å². The first-order valence-electron chi connectivity index (χ1n) is 2.28. The van der Waals surface area contributed by atoms with Crippen LogP contribution in [0.5, 0.6) is 0 Å². The van der Waals surface area contributed by atoms with Crippen molar-refractivity contribution in [2.24, 2.45) is 0 Å². The summed E-state index contributed by atoms with van der Waals surface area (Å²) in [5, 5.41) is 0. The normalized spacial score (nSPS) is 9.00. The smallest absolute Gasteiger partial charge is 0.0427 e. The molecule has 1 nitrogen and oxygen atoms in total. The van der Waals surface area contributed by atoms with Gasteiger partial charge in [0.05, 0.1) is 0 Å². The lowest BCUT2D eigenvalue weighted by Gasteiger charge is -1.96. The van der Waals surface area contributed by atoms with Gasteiger partial charge in [0, 0.05) is 6.61 Å². The zero-order valence-corrected chi connectivity index (χ0v) is 4.24. The lowest BCUT2D eigenvalue weighted by atomic mass is 10.5. The Bertz CT molecular complexity index is 15.9. The molecule has 6 heavy (non-hydrogen) atoms. The monoisotopic (exact) mass is 87.1 g/mol. The molecule has 0 amide bonds. The van der Waals surface area contributed by atoms with Gasteiger partial charge in [-0.3, -0.25) is 0 Å². The SMILES string of the molecule is [CH2-]COCCC. The van der Waals surface area contributed by atoms with Crippen LogP contribution in [0.15, 0.2) is 0 Å². The molecule has 0 aromatic rings. The maximum absolute atomic E-state index is 4.87. The maximum Gasteiger partial charge on any atom is 0.0427 e. The fourth-order valence-corrected chi connectivity index (χ4v) is 0.246. The van der Waals surface area contributed by atoms with Crippen molar-refractivity contribution >= 4 is 0 Å². The summed E-state index contributed by atoms with van der Waals surface area (Å²) in [6.45, 7) is 7.04. The van der Waals surface area contributed by atoms with Gasteiger partial charge >= 0.3 is 0 Å². The molecular weight excluding hydrogens is 76.1 g/mol. The van der Waals surface area contributed by atoms with E-state index >= 15 is 0 Å². The van der Waals surface area contributed by atoms with Gasteiger partial charge in [0.1, 0.15) is 0 Å². The Balaban J connectivity index is 2.34. The third-order valence-corrected chi connectivity index (χ3v) is 0.493. The van der Waals surface area contributed by atoms with Crippen molar-refractivity contribution < 1.29 is 4.74 Å². The standard InChI is InChI=1S/C5H11O/c1-3-5-6-4-2/h2-5H2,1H3/q-1. The van der Waals surface area contributed by atoms with Crippen molar-refractivity contribution in [1.29, 1.82) is 0 Å². The number of hydrogen-bond acceptors (Lipinski definition) is 1. The van der Waals surface area contributed by atoms with Crippen LogP contribution in [0.4, 0.5) is 0 Å². The molecule has 0 unspecified atom stereocenters. The Morgan fingerprint density at radius 2 is 2.33 bits per heavy atom. The van der Waals surface area contributed by atoms with Gasteiger partial charge < -0.3 is 11.7 Å². The van der Waals surface area contributed by atoms with Gasteiger partial charge in [0.2, 0.25) is 0 Å². The third-order valence-electron chi connectivity index (χ3n) is 0.493. The topological polar surface area (TPSA) is 9.23 Å². The molecule has 0 spiro atoms. The third kappa shape index (κ3) is 3.96. The average Bonchev–Trinajstić information content (AvgIpc) is 1.61. The van der Waals surface area contributed by atoms with E-state index in [4.69, 9.17) is 4.74 Å². The summed E-state index contributed by atoms with van der Waals surface area (Å²) in [5.41, 5.74) is 0. The average molecular weight is 87.1 g/mol. The first-order chi connectivity index (χ1) is 2.91. The van der Waals surface area contributed by atoms with Gasteiger partial charge in [-0.05, 0) is 6.42 Å². The Morgan fingerprint density at radius 1 is 1.67 bits per heavy atom. The molecule has 0 atom stereocenters. The van der Waals surface area contributed by atoms with Crippen molar-refractivity contribution in [2.75, 3.05) is 13.2 Å². The second-order valence-electron chi connectivity index (χ2n) is 1.11. The van der Waals surface area contributed by atoms with Crippen molar-refractivity contribution in [1.82, 2.24) is 0 Å². The minimum atomic E-state index is 0.605. The molecular formula is C5H11O-. The van der Waals surface area contributed by atoms with Crippen LogP contribution in [0.25, 0.3) is 0 Å². The molecule has 0 heterocycles. The molecule has 0 saturated carbocycles. The largest absolute Gasteiger partial charge is 0.413 e. The molecule has 1 heteroatoms. The second kappa shape index (κ2) is 4.96. The van der Waals surface area contributed by atoms with Crippen molar-refractivity contribution in [3.8, 4) is 0 Å².